The molecule has 146 valence electrons. The fourth-order valence-electron chi connectivity index (χ4n) is 3.32. The predicted molar refractivity (Wildman–Crippen MR) is 115 cm³/mol. The van der Waals surface area contributed by atoms with Crippen molar-refractivity contribution in [3.05, 3.63) is 78.1 Å². The number of carbonyl (C=O) groups is 1. The molecule has 0 radical (unpaired) electrons. The van der Waals surface area contributed by atoms with Crippen LogP contribution in [0.25, 0.3) is 22.4 Å². The number of anilines is 2. The number of carbonyl (C=O) groups excluding carboxylic acids is 1. The molecule has 1 amide bonds. The van der Waals surface area contributed by atoms with E-state index in [9.17, 15) is 9.18 Å². The molecule has 3 aromatic carbocycles. The van der Waals surface area contributed by atoms with Crippen LogP contribution in [0, 0.1) is 5.82 Å². The SMILES string of the molecule is CN(C)c1ccc(C(=O)Nc2ccc(-c3nc4ccccc4n3C)cc2)cc1F. The number of aryl methyl sites for hydroxylation is 1. The molecule has 0 saturated heterocycles. The molecule has 0 unspecified atom stereocenters. The van der Waals surface area contributed by atoms with Gasteiger partial charge in [0.2, 0.25) is 0 Å². The van der Waals surface area contributed by atoms with E-state index < -0.39 is 5.82 Å². The Kier molecular flexibility index (Phi) is 4.76. The molecule has 1 heterocycles. The fraction of sp³-hybridized carbons (Fsp3) is 0.130. The molecule has 0 aliphatic carbocycles. The average molecular weight is 388 g/mol. The number of aromatic nitrogens is 2. The van der Waals surface area contributed by atoms with Crippen molar-refractivity contribution in [2.45, 2.75) is 0 Å². The molecular formula is C23H21FN4O. The van der Waals surface area contributed by atoms with Gasteiger partial charge < -0.3 is 14.8 Å². The summed E-state index contributed by atoms with van der Waals surface area (Å²) in [4.78, 5) is 18.8. The maximum absolute atomic E-state index is 14.1. The van der Waals surface area contributed by atoms with Crippen molar-refractivity contribution in [2.75, 3.05) is 24.3 Å². The van der Waals surface area contributed by atoms with Crippen molar-refractivity contribution in [1.29, 1.82) is 0 Å². The van der Waals surface area contributed by atoms with Crippen LogP contribution in [0.3, 0.4) is 0 Å². The quantitative estimate of drug-likeness (QED) is 0.551. The number of rotatable bonds is 4. The van der Waals surface area contributed by atoms with Crippen LogP contribution in [0.15, 0.2) is 66.7 Å². The highest BCUT2D eigenvalue weighted by Gasteiger charge is 2.12. The molecule has 29 heavy (non-hydrogen) atoms. The second kappa shape index (κ2) is 7.39. The van der Waals surface area contributed by atoms with E-state index in [0.29, 0.717) is 11.4 Å². The first-order valence-electron chi connectivity index (χ1n) is 9.24. The van der Waals surface area contributed by atoms with Gasteiger partial charge in [0.1, 0.15) is 11.6 Å². The number of halogens is 1. The van der Waals surface area contributed by atoms with E-state index in [4.69, 9.17) is 0 Å². The predicted octanol–water partition coefficient (Wildman–Crippen LogP) is 4.70. The summed E-state index contributed by atoms with van der Waals surface area (Å²) in [7, 11) is 5.49. The Balaban J connectivity index is 1.54. The number of hydrogen-bond donors (Lipinski definition) is 1. The molecule has 0 aliphatic rings. The molecule has 1 aromatic heterocycles. The smallest absolute Gasteiger partial charge is 0.255 e. The summed E-state index contributed by atoms with van der Waals surface area (Å²) in [6.45, 7) is 0. The Morgan fingerprint density at radius 3 is 2.41 bits per heavy atom. The van der Waals surface area contributed by atoms with E-state index in [1.165, 1.54) is 6.07 Å². The Morgan fingerprint density at radius 1 is 1.03 bits per heavy atom. The van der Waals surface area contributed by atoms with Crippen LogP contribution in [-0.4, -0.2) is 29.6 Å². The van der Waals surface area contributed by atoms with Gasteiger partial charge in [0.05, 0.1) is 16.7 Å². The summed E-state index contributed by atoms with van der Waals surface area (Å²) >= 11 is 0. The van der Waals surface area contributed by atoms with Gasteiger partial charge in [0.15, 0.2) is 0 Å². The molecule has 0 saturated carbocycles. The maximum atomic E-state index is 14.1. The standard InChI is InChI=1S/C23H21FN4O/c1-27(2)20-13-10-16(14-18(20)24)23(29)25-17-11-8-15(9-12-17)22-26-19-6-4-5-7-21(19)28(22)3/h4-14H,1-3H3,(H,25,29). The number of fused-ring (bicyclic) bond motifs is 1. The summed E-state index contributed by atoms with van der Waals surface area (Å²) < 4.78 is 16.2. The number of nitrogens with zero attached hydrogens (tertiary/aromatic N) is 3. The second-order valence-corrected chi connectivity index (χ2v) is 7.08. The van der Waals surface area contributed by atoms with Crippen molar-refractivity contribution >= 4 is 28.3 Å². The highest BCUT2D eigenvalue weighted by atomic mass is 19.1. The third kappa shape index (κ3) is 3.57. The highest BCUT2D eigenvalue weighted by Crippen LogP contribution is 2.25. The van der Waals surface area contributed by atoms with Crippen LogP contribution in [0.5, 0.6) is 0 Å². The number of imidazole rings is 1. The van der Waals surface area contributed by atoms with E-state index in [-0.39, 0.29) is 11.5 Å². The Hall–Kier alpha value is -3.67. The Labute approximate surface area is 168 Å². The van der Waals surface area contributed by atoms with E-state index in [0.717, 1.165) is 22.4 Å². The Bertz CT molecular complexity index is 1200. The van der Waals surface area contributed by atoms with Crippen LogP contribution in [0.2, 0.25) is 0 Å². The lowest BCUT2D eigenvalue weighted by molar-refractivity contribution is 0.102. The monoisotopic (exact) mass is 388 g/mol. The molecular weight excluding hydrogens is 367 g/mol. The molecule has 0 bridgehead atoms. The zero-order chi connectivity index (χ0) is 20.5. The molecule has 1 N–H and O–H groups in total. The third-order valence-electron chi connectivity index (χ3n) is 4.88. The third-order valence-corrected chi connectivity index (χ3v) is 4.88. The van der Waals surface area contributed by atoms with Crippen LogP contribution < -0.4 is 10.2 Å². The van der Waals surface area contributed by atoms with Crippen molar-refractivity contribution in [3.63, 3.8) is 0 Å². The van der Waals surface area contributed by atoms with Crippen molar-refractivity contribution in [2.24, 2.45) is 7.05 Å². The first-order chi connectivity index (χ1) is 13.9. The number of nitrogens with one attached hydrogen (secondary N) is 1. The molecule has 4 rings (SSSR count). The van der Waals surface area contributed by atoms with Gasteiger partial charge in [-0.2, -0.15) is 0 Å². The molecule has 0 atom stereocenters. The molecule has 0 aliphatic heterocycles. The molecule has 5 nitrogen and oxygen atoms in total. The number of benzene rings is 3. The summed E-state index contributed by atoms with van der Waals surface area (Å²) in [5, 5.41) is 2.81. The van der Waals surface area contributed by atoms with Gasteiger partial charge >= 0.3 is 0 Å². The van der Waals surface area contributed by atoms with E-state index in [2.05, 4.69) is 10.3 Å². The summed E-state index contributed by atoms with van der Waals surface area (Å²) in [5.41, 5.74) is 4.28. The van der Waals surface area contributed by atoms with E-state index in [1.807, 2.05) is 60.1 Å². The van der Waals surface area contributed by atoms with Crippen LogP contribution >= 0.6 is 0 Å². The zero-order valence-electron chi connectivity index (χ0n) is 16.5. The van der Waals surface area contributed by atoms with Crippen LogP contribution in [0.4, 0.5) is 15.8 Å². The lowest BCUT2D eigenvalue weighted by atomic mass is 10.1. The number of hydrogen-bond acceptors (Lipinski definition) is 3. The van der Waals surface area contributed by atoms with Crippen molar-refractivity contribution in [1.82, 2.24) is 9.55 Å². The number of para-hydroxylation sites is 2. The highest BCUT2D eigenvalue weighted by molar-refractivity contribution is 6.04. The van der Waals surface area contributed by atoms with Gasteiger partial charge in [-0.3, -0.25) is 4.79 Å². The van der Waals surface area contributed by atoms with Gasteiger partial charge in [-0.15, -0.1) is 0 Å². The van der Waals surface area contributed by atoms with E-state index in [1.54, 1.807) is 31.1 Å². The topological polar surface area (TPSA) is 50.2 Å². The minimum Gasteiger partial charge on any atom is -0.375 e. The van der Waals surface area contributed by atoms with Gasteiger partial charge in [-0.05, 0) is 54.6 Å². The summed E-state index contributed by atoms with van der Waals surface area (Å²) in [6, 6.07) is 19.9. The lowest BCUT2D eigenvalue weighted by Crippen LogP contribution is -2.14. The van der Waals surface area contributed by atoms with Gasteiger partial charge in [0, 0.05) is 38.0 Å². The molecule has 0 fully saturated rings. The minimum atomic E-state index is -0.431. The fourth-order valence-corrected chi connectivity index (χ4v) is 3.32. The molecule has 4 aromatic rings. The number of amides is 1. The minimum absolute atomic E-state index is 0.271. The normalized spacial score (nSPS) is 10.9. The van der Waals surface area contributed by atoms with Gasteiger partial charge in [0.25, 0.3) is 5.91 Å². The Morgan fingerprint density at radius 2 is 1.76 bits per heavy atom. The van der Waals surface area contributed by atoms with Gasteiger partial charge in [-0.25, -0.2) is 9.37 Å². The largest absolute Gasteiger partial charge is 0.375 e. The van der Waals surface area contributed by atoms with Gasteiger partial charge in [-0.1, -0.05) is 12.1 Å². The molecule has 0 spiro atoms. The van der Waals surface area contributed by atoms with Crippen LogP contribution in [0.1, 0.15) is 10.4 Å². The van der Waals surface area contributed by atoms with Crippen molar-refractivity contribution in [3.8, 4) is 11.4 Å². The first-order valence-corrected chi connectivity index (χ1v) is 9.24. The van der Waals surface area contributed by atoms with E-state index >= 15 is 0 Å². The summed E-state index contributed by atoms with van der Waals surface area (Å²) in [6.07, 6.45) is 0. The lowest BCUT2D eigenvalue weighted by Gasteiger charge is -2.14. The zero-order valence-corrected chi connectivity index (χ0v) is 16.5. The summed E-state index contributed by atoms with van der Waals surface area (Å²) in [5.74, 6) is 0.0648. The second-order valence-electron chi connectivity index (χ2n) is 7.08. The average Bonchev–Trinajstić information content (AvgIpc) is 3.05. The molecule has 6 heteroatoms. The van der Waals surface area contributed by atoms with Crippen LogP contribution in [-0.2, 0) is 7.05 Å². The van der Waals surface area contributed by atoms with Crippen molar-refractivity contribution < 1.29 is 9.18 Å². The first kappa shape index (κ1) is 18.7. The maximum Gasteiger partial charge on any atom is 0.255 e.